The van der Waals surface area contributed by atoms with Crippen LogP contribution in [0.15, 0.2) is 109 Å². The summed E-state index contributed by atoms with van der Waals surface area (Å²) in [6.45, 7) is 8.10. The Morgan fingerprint density at radius 3 is 1.81 bits per heavy atom. The highest BCUT2D eigenvalue weighted by atomic mass is 35.5. The van der Waals surface area contributed by atoms with Crippen molar-refractivity contribution in [3.63, 3.8) is 0 Å². The predicted octanol–water partition coefficient (Wildman–Crippen LogP) is 9.16. The minimum atomic E-state index is -1.03. The first-order valence-electron chi connectivity index (χ1n) is 26.2. The van der Waals surface area contributed by atoms with Crippen molar-refractivity contribution >= 4 is 52.8 Å². The number of hydrogen-bond acceptors (Lipinski definition) is 8. The van der Waals surface area contributed by atoms with Gasteiger partial charge in [-0.25, -0.2) is 5.48 Å². The molecule has 0 aromatic heterocycles. The average molecular weight is 1020 g/mol. The van der Waals surface area contributed by atoms with Gasteiger partial charge in [0.1, 0.15) is 18.1 Å². The normalized spacial score (nSPS) is 14.5. The number of benzene rings is 4. The van der Waals surface area contributed by atoms with Crippen LogP contribution in [0.25, 0.3) is 0 Å². The molecule has 1 aliphatic rings. The number of hydroxylamine groups is 1. The largest absolute Gasteiger partial charge is 0.480 e. The van der Waals surface area contributed by atoms with Crippen molar-refractivity contribution in [2.45, 2.75) is 155 Å². The summed E-state index contributed by atoms with van der Waals surface area (Å²) in [4.78, 5) is 76.2. The lowest BCUT2D eigenvalue weighted by atomic mass is 9.84. The van der Waals surface area contributed by atoms with Gasteiger partial charge < -0.3 is 26.4 Å². The van der Waals surface area contributed by atoms with E-state index in [0.717, 1.165) is 61.6 Å². The third kappa shape index (κ3) is 23.1. The van der Waals surface area contributed by atoms with E-state index in [4.69, 9.17) is 16.8 Å². The molecule has 5 amide bonds. The number of carbonyl (C=O) groups excluding carboxylic acids is 5. The lowest BCUT2D eigenvalue weighted by Crippen LogP contribution is -2.54. The molecule has 1 aliphatic carbocycles. The molecule has 0 bridgehead atoms. The van der Waals surface area contributed by atoms with Gasteiger partial charge in [0, 0.05) is 29.6 Å². The maximum Gasteiger partial charge on any atom is 0.320 e. The fourth-order valence-corrected chi connectivity index (χ4v) is 9.16. The van der Waals surface area contributed by atoms with Crippen LogP contribution in [0.5, 0.6) is 0 Å². The number of carbonyl (C=O) groups is 6. The van der Waals surface area contributed by atoms with Crippen LogP contribution in [-0.2, 0) is 54.5 Å². The van der Waals surface area contributed by atoms with Crippen LogP contribution < -0.4 is 32.1 Å². The molecular formula is C58H79ClN6O8. The van der Waals surface area contributed by atoms with E-state index in [0.29, 0.717) is 68.1 Å². The first-order valence-corrected chi connectivity index (χ1v) is 26.5. The summed E-state index contributed by atoms with van der Waals surface area (Å²) in [6.07, 6.45) is 12.2. The lowest BCUT2D eigenvalue weighted by Gasteiger charge is -2.28. The summed E-state index contributed by atoms with van der Waals surface area (Å²) in [6, 6.07) is 31.8. The second-order valence-electron chi connectivity index (χ2n) is 19.7. The molecular weight excluding hydrogens is 944 g/mol. The van der Waals surface area contributed by atoms with Gasteiger partial charge in [0.15, 0.2) is 0 Å². The Kier molecular flexibility index (Phi) is 26.8. The fraction of sp³-hybridized carbons (Fsp3) is 0.483. The molecule has 8 N–H and O–H groups in total. The molecule has 4 aromatic carbocycles. The van der Waals surface area contributed by atoms with Crippen LogP contribution in [0.1, 0.15) is 127 Å². The number of aliphatic carboxylic acids is 1. The van der Waals surface area contributed by atoms with Crippen molar-refractivity contribution in [1.82, 2.24) is 26.7 Å². The van der Waals surface area contributed by atoms with Crippen molar-refractivity contribution in [2.24, 2.45) is 17.8 Å². The Morgan fingerprint density at radius 1 is 0.630 bits per heavy atom. The molecule has 0 spiro atoms. The minimum absolute atomic E-state index is 0.144. The summed E-state index contributed by atoms with van der Waals surface area (Å²) in [5, 5.41) is 33.7. The smallest absolute Gasteiger partial charge is 0.320 e. The zero-order valence-electron chi connectivity index (χ0n) is 43.2. The van der Waals surface area contributed by atoms with Gasteiger partial charge in [0.25, 0.3) is 0 Å². The topological polar surface area (TPSA) is 215 Å². The SMILES string of the molecule is CCCc1ccc(CC[C@H](N[C@H](C)C(=O)O)C(=O)N[C@@H](CC(C)C)C(=O)Nc2ccccc2)cc1.O=C(C[C@@H](CCCc1ccc(Cl)cc1)C(=O)N[C@@H](CC1CCCCC1)C(=O)NCCc1ccccc1)NO. The molecule has 0 heterocycles. The third-order valence-corrected chi connectivity index (χ3v) is 13.4. The maximum atomic E-state index is 13.4. The Balaban J connectivity index is 0.000000318. The molecule has 73 heavy (non-hydrogen) atoms. The molecule has 0 unspecified atom stereocenters. The maximum absolute atomic E-state index is 13.4. The Bertz CT molecular complexity index is 2280. The van der Waals surface area contributed by atoms with E-state index in [2.05, 4.69) is 57.8 Å². The highest BCUT2D eigenvalue weighted by molar-refractivity contribution is 6.30. The number of aryl methyl sites for hydroxylation is 3. The van der Waals surface area contributed by atoms with E-state index in [9.17, 15) is 33.9 Å². The number of carboxylic acids is 1. The molecule has 1 fully saturated rings. The fourth-order valence-electron chi connectivity index (χ4n) is 9.04. The van der Waals surface area contributed by atoms with Gasteiger partial charge in [-0.15, -0.1) is 0 Å². The second-order valence-corrected chi connectivity index (χ2v) is 20.1. The second kappa shape index (κ2) is 32.9. The highest BCUT2D eigenvalue weighted by Gasteiger charge is 2.31. The number of rotatable bonds is 28. The molecule has 0 radical (unpaired) electrons. The Labute approximate surface area is 437 Å². The van der Waals surface area contributed by atoms with Crippen LogP contribution in [0.3, 0.4) is 0 Å². The minimum Gasteiger partial charge on any atom is -0.480 e. The van der Waals surface area contributed by atoms with Gasteiger partial charge in [-0.2, -0.15) is 0 Å². The van der Waals surface area contributed by atoms with Crippen LogP contribution >= 0.6 is 11.6 Å². The van der Waals surface area contributed by atoms with Crippen LogP contribution in [-0.4, -0.2) is 76.5 Å². The number of hydrogen-bond donors (Lipinski definition) is 8. The van der Waals surface area contributed by atoms with Crippen LogP contribution in [0.2, 0.25) is 5.02 Å². The molecule has 1 saturated carbocycles. The van der Waals surface area contributed by atoms with Gasteiger partial charge in [0.05, 0.1) is 6.04 Å². The van der Waals surface area contributed by atoms with E-state index in [1.165, 1.54) is 18.9 Å². The quantitative estimate of drug-likeness (QED) is 0.0201. The van der Waals surface area contributed by atoms with Gasteiger partial charge >= 0.3 is 5.97 Å². The number of carboxylic acid groups (broad SMARTS) is 1. The van der Waals surface area contributed by atoms with Gasteiger partial charge in [-0.3, -0.25) is 39.3 Å². The Hall–Kier alpha value is -6.09. The molecule has 14 nitrogen and oxygen atoms in total. The summed E-state index contributed by atoms with van der Waals surface area (Å²) in [5.41, 5.74) is 6.86. The summed E-state index contributed by atoms with van der Waals surface area (Å²) in [5.74, 6) is -2.94. The zero-order valence-corrected chi connectivity index (χ0v) is 43.9. The molecule has 0 aliphatic heterocycles. The number of para-hydroxylation sites is 1. The molecule has 396 valence electrons. The molecule has 0 saturated heterocycles. The van der Waals surface area contributed by atoms with E-state index in [1.54, 1.807) is 17.6 Å². The predicted molar refractivity (Wildman–Crippen MR) is 288 cm³/mol. The number of amides is 5. The van der Waals surface area contributed by atoms with Crippen molar-refractivity contribution < 1.29 is 39.1 Å². The molecule has 4 aromatic rings. The number of nitrogens with one attached hydrogen (secondary N) is 6. The Morgan fingerprint density at radius 2 is 1.21 bits per heavy atom. The van der Waals surface area contributed by atoms with Crippen molar-refractivity contribution in [3.05, 3.63) is 136 Å². The molecule has 5 rings (SSSR count). The number of halogens is 1. The molecule has 5 atom stereocenters. The first-order chi connectivity index (χ1) is 35.1. The monoisotopic (exact) mass is 1020 g/mol. The van der Waals surface area contributed by atoms with Crippen LogP contribution in [0.4, 0.5) is 5.69 Å². The molecule has 15 heteroatoms. The standard InChI is InChI=1S/C30H40ClN3O4.C28H39N3O4/c31-26-16-14-23(15-17-26)12-7-13-25(21-28(35)34-38)29(36)33-27(20-24-10-5-2-6-11-24)30(37)32-19-18-22-8-3-1-4-9-22;1-5-9-21-12-14-22(15-13-21)16-17-24(29-20(4)28(34)35)26(32)31-25(18-19(2)3)27(33)30-23-10-7-6-8-11-23/h1,3-4,8-9,14-17,24-25,27,38H,2,5-7,10-13,18-21H2,(H,32,37)(H,33,36)(H,34,35);6-8,10-15,19-20,24-25,29H,5,9,16-18H2,1-4H3,(H,30,33)(H,31,32)(H,34,35)/t25-,27+;20-,24+,25+/m11/s1. The van der Waals surface area contributed by atoms with Gasteiger partial charge in [0.2, 0.25) is 29.5 Å². The van der Waals surface area contributed by atoms with Crippen molar-refractivity contribution in [2.75, 3.05) is 11.9 Å². The number of anilines is 1. The van der Waals surface area contributed by atoms with E-state index >= 15 is 0 Å². The van der Waals surface area contributed by atoms with E-state index in [-0.39, 0.29) is 36.0 Å². The highest BCUT2D eigenvalue weighted by Crippen LogP contribution is 2.28. The lowest BCUT2D eigenvalue weighted by molar-refractivity contribution is -0.139. The van der Waals surface area contributed by atoms with Crippen molar-refractivity contribution in [3.8, 4) is 0 Å². The third-order valence-electron chi connectivity index (χ3n) is 13.1. The van der Waals surface area contributed by atoms with E-state index in [1.807, 2.05) is 86.6 Å². The van der Waals surface area contributed by atoms with Gasteiger partial charge in [-0.05, 0) is 123 Å². The summed E-state index contributed by atoms with van der Waals surface area (Å²) >= 11 is 5.96. The zero-order chi connectivity index (χ0) is 53.0. The summed E-state index contributed by atoms with van der Waals surface area (Å²) in [7, 11) is 0. The van der Waals surface area contributed by atoms with Crippen LogP contribution in [0, 0.1) is 17.8 Å². The summed E-state index contributed by atoms with van der Waals surface area (Å²) < 4.78 is 0. The first kappa shape index (κ1) is 59.5. The van der Waals surface area contributed by atoms with Gasteiger partial charge in [-0.1, -0.05) is 156 Å². The van der Waals surface area contributed by atoms with Crippen molar-refractivity contribution in [1.29, 1.82) is 0 Å². The van der Waals surface area contributed by atoms with E-state index < -0.39 is 42.0 Å². The average Bonchev–Trinajstić information content (AvgIpc) is 3.38.